The number of rotatable bonds is 5. The van der Waals surface area contributed by atoms with Gasteiger partial charge < -0.3 is 14.8 Å². The Morgan fingerprint density at radius 1 is 1.20 bits per heavy atom. The van der Waals surface area contributed by atoms with Crippen molar-refractivity contribution in [2.75, 3.05) is 11.9 Å². The van der Waals surface area contributed by atoms with Gasteiger partial charge >= 0.3 is 6.09 Å². The van der Waals surface area contributed by atoms with E-state index < -0.39 is 18.1 Å². The van der Waals surface area contributed by atoms with Crippen LogP contribution in [0, 0.1) is 6.92 Å². The first-order valence-corrected chi connectivity index (χ1v) is 7.62. The lowest BCUT2D eigenvalue weighted by Gasteiger charge is -2.10. The van der Waals surface area contributed by atoms with Crippen LogP contribution in [0.15, 0.2) is 48.5 Å². The number of carbonyl (C=O) groups excluding carboxylic acids is 3. The number of alkyl carbamates (subject to hydrolysis) is 1. The van der Waals surface area contributed by atoms with Crippen LogP contribution in [-0.4, -0.2) is 24.5 Å². The van der Waals surface area contributed by atoms with Crippen molar-refractivity contribution in [1.82, 2.24) is 5.32 Å². The molecule has 0 aliphatic carbocycles. The molecule has 0 saturated carbocycles. The lowest BCUT2D eigenvalue weighted by molar-refractivity contribution is -0.123. The normalized spacial score (nSPS) is 16.1. The highest BCUT2D eigenvalue weighted by Crippen LogP contribution is 2.23. The predicted octanol–water partition coefficient (Wildman–Crippen LogP) is 2.32. The third-order valence-electron chi connectivity index (χ3n) is 3.54. The Balaban J connectivity index is 1.55. The van der Waals surface area contributed by atoms with Crippen molar-refractivity contribution in [3.63, 3.8) is 0 Å². The van der Waals surface area contributed by atoms with Crippen molar-refractivity contribution < 1.29 is 23.9 Å². The van der Waals surface area contributed by atoms with Crippen LogP contribution in [0.3, 0.4) is 0 Å². The minimum atomic E-state index is -0.957. The smallest absolute Gasteiger partial charge is 0.415 e. The SMILES string of the molecule is Cc1cccc(OCC(=O)Nc2ccc(C3OC(=O)NC3=O)cc2)c1. The summed E-state index contributed by atoms with van der Waals surface area (Å²) in [4.78, 5) is 34.5. The van der Waals surface area contributed by atoms with Crippen molar-refractivity contribution >= 4 is 23.6 Å². The number of hydrogen-bond donors (Lipinski definition) is 2. The first-order chi connectivity index (χ1) is 12.0. The van der Waals surface area contributed by atoms with Gasteiger partial charge in [-0.25, -0.2) is 4.79 Å². The maximum absolute atomic E-state index is 11.9. The van der Waals surface area contributed by atoms with Gasteiger partial charge in [0.25, 0.3) is 11.8 Å². The molecular formula is C18H16N2O5. The lowest BCUT2D eigenvalue weighted by Crippen LogP contribution is -2.21. The number of cyclic esters (lactones) is 1. The van der Waals surface area contributed by atoms with Crippen LogP contribution in [0.5, 0.6) is 5.75 Å². The van der Waals surface area contributed by atoms with Gasteiger partial charge in [0, 0.05) is 11.3 Å². The maximum Gasteiger partial charge on any atom is 0.415 e. The number of carbonyl (C=O) groups is 3. The van der Waals surface area contributed by atoms with Gasteiger partial charge in [-0.3, -0.25) is 14.9 Å². The van der Waals surface area contributed by atoms with Crippen LogP contribution in [-0.2, 0) is 14.3 Å². The minimum Gasteiger partial charge on any atom is -0.484 e. The molecule has 1 atom stereocenters. The standard InChI is InChI=1S/C18H16N2O5/c1-11-3-2-4-14(9-11)24-10-15(21)19-13-7-5-12(6-8-13)16-17(22)20-18(23)25-16/h2-9,16H,10H2,1H3,(H,19,21)(H,20,22,23). The molecule has 2 aromatic carbocycles. The largest absolute Gasteiger partial charge is 0.484 e. The Hall–Kier alpha value is -3.35. The Labute approximate surface area is 143 Å². The quantitative estimate of drug-likeness (QED) is 0.871. The molecule has 1 heterocycles. The molecule has 3 amide bonds. The summed E-state index contributed by atoms with van der Waals surface area (Å²) in [6.07, 6.45) is -1.72. The Bertz CT molecular complexity index is 816. The van der Waals surface area contributed by atoms with Crippen molar-refractivity contribution in [3.8, 4) is 5.75 Å². The molecule has 2 aromatic rings. The van der Waals surface area contributed by atoms with E-state index in [0.29, 0.717) is 17.0 Å². The van der Waals surface area contributed by atoms with Crippen LogP contribution in [0.2, 0.25) is 0 Å². The second kappa shape index (κ2) is 7.04. The fraction of sp³-hybridized carbons (Fsp3) is 0.167. The van der Waals surface area contributed by atoms with E-state index >= 15 is 0 Å². The first kappa shape index (κ1) is 16.5. The summed E-state index contributed by atoms with van der Waals surface area (Å²) in [6.45, 7) is 1.82. The highest BCUT2D eigenvalue weighted by atomic mass is 16.6. The molecule has 1 aliphatic rings. The van der Waals surface area contributed by atoms with Crippen molar-refractivity contribution in [1.29, 1.82) is 0 Å². The third kappa shape index (κ3) is 4.14. The Morgan fingerprint density at radius 2 is 1.96 bits per heavy atom. The average molecular weight is 340 g/mol. The van der Waals surface area contributed by atoms with Crippen LogP contribution >= 0.6 is 0 Å². The molecule has 3 rings (SSSR count). The summed E-state index contributed by atoms with van der Waals surface area (Å²) in [6, 6.07) is 13.9. The molecule has 7 heteroatoms. The van der Waals surface area contributed by atoms with E-state index in [1.165, 1.54) is 0 Å². The second-order valence-electron chi connectivity index (χ2n) is 5.55. The van der Waals surface area contributed by atoms with Gasteiger partial charge in [-0.1, -0.05) is 24.3 Å². The molecule has 1 saturated heterocycles. The summed E-state index contributed by atoms with van der Waals surface area (Å²) in [5.74, 6) is -0.188. The highest BCUT2D eigenvalue weighted by Gasteiger charge is 2.33. The van der Waals surface area contributed by atoms with E-state index in [4.69, 9.17) is 9.47 Å². The van der Waals surface area contributed by atoms with E-state index in [1.54, 1.807) is 30.3 Å². The molecule has 0 bridgehead atoms. The summed E-state index contributed by atoms with van der Waals surface area (Å²) < 4.78 is 10.3. The van der Waals surface area contributed by atoms with Crippen LogP contribution in [0.4, 0.5) is 10.5 Å². The molecule has 7 nitrogen and oxygen atoms in total. The van der Waals surface area contributed by atoms with Gasteiger partial charge in [0.1, 0.15) is 5.75 Å². The predicted molar refractivity (Wildman–Crippen MR) is 89.1 cm³/mol. The van der Waals surface area contributed by atoms with Crippen molar-refractivity contribution in [2.24, 2.45) is 0 Å². The lowest BCUT2D eigenvalue weighted by atomic mass is 10.1. The minimum absolute atomic E-state index is 0.117. The van der Waals surface area contributed by atoms with E-state index in [0.717, 1.165) is 5.56 Å². The van der Waals surface area contributed by atoms with E-state index in [-0.39, 0.29) is 12.5 Å². The van der Waals surface area contributed by atoms with Crippen LogP contribution in [0.25, 0.3) is 0 Å². The number of imide groups is 1. The Kier molecular flexibility index (Phi) is 4.65. The molecular weight excluding hydrogens is 324 g/mol. The van der Waals surface area contributed by atoms with Crippen LogP contribution < -0.4 is 15.4 Å². The first-order valence-electron chi connectivity index (χ1n) is 7.62. The third-order valence-corrected chi connectivity index (χ3v) is 3.54. The summed E-state index contributed by atoms with van der Waals surface area (Å²) in [5.41, 5.74) is 2.12. The number of aryl methyl sites for hydroxylation is 1. The van der Waals surface area contributed by atoms with Crippen molar-refractivity contribution in [3.05, 3.63) is 59.7 Å². The van der Waals surface area contributed by atoms with Gasteiger partial charge in [-0.05, 0) is 36.8 Å². The number of hydrogen-bond acceptors (Lipinski definition) is 5. The summed E-state index contributed by atoms with van der Waals surface area (Å²) in [5, 5.41) is 4.75. The molecule has 2 N–H and O–H groups in total. The summed E-state index contributed by atoms with van der Waals surface area (Å²) >= 11 is 0. The number of ether oxygens (including phenoxy) is 2. The van der Waals surface area contributed by atoms with Gasteiger partial charge in [0.05, 0.1) is 0 Å². The zero-order valence-corrected chi connectivity index (χ0v) is 13.4. The van der Waals surface area contributed by atoms with Crippen molar-refractivity contribution in [2.45, 2.75) is 13.0 Å². The maximum atomic E-state index is 11.9. The van der Waals surface area contributed by atoms with E-state index in [1.807, 2.05) is 25.1 Å². The zero-order valence-electron chi connectivity index (χ0n) is 13.4. The second-order valence-corrected chi connectivity index (χ2v) is 5.55. The fourth-order valence-corrected chi connectivity index (χ4v) is 2.37. The summed E-state index contributed by atoms with van der Waals surface area (Å²) in [7, 11) is 0. The van der Waals surface area contributed by atoms with E-state index in [2.05, 4.69) is 10.6 Å². The molecule has 1 aliphatic heterocycles. The number of nitrogens with one attached hydrogen (secondary N) is 2. The van der Waals surface area contributed by atoms with Crippen LogP contribution in [0.1, 0.15) is 17.2 Å². The van der Waals surface area contributed by atoms with E-state index in [9.17, 15) is 14.4 Å². The monoisotopic (exact) mass is 340 g/mol. The van der Waals surface area contributed by atoms with Gasteiger partial charge in [-0.2, -0.15) is 0 Å². The van der Waals surface area contributed by atoms with Gasteiger partial charge in [-0.15, -0.1) is 0 Å². The average Bonchev–Trinajstić information content (AvgIpc) is 2.92. The number of benzene rings is 2. The number of amides is 3. The van der Waals surface area contributed by atoms with Gasteiger partial charge in [0.2, 0.25) is 6.10 Å². The van der Waals surface area contributed by atoms with Gasteiger partial charge in [0.15, 0.2) is 6.61 Å². The zero-order chi connectivity index (χ0) is 17.8. The molecule has 0 aromatic heterocycles. The molecule has 0 spiro atoms. The number of anilines is 1. The Morgan fingerprint density at radius 3 is 2.60 bits per heavy atom. The molecule has 1 fully saturated rings. The topological polar surface area (TPSA) is 93.7 Å². The highest BCUT2D eigenvalue weighted by molar-refractivity contribution is 6.00. The molecule has 0 radical (unpaired) electrons. The molecule has 25 heavy (non-hydrogen) atoms. The molecule has 128 valence electrons. The fourth-order valence-electron chi connectivity index (χ4n) is 2.37. The molecule has 1 unspecified atom stereocenters.